The van der Waals surface area contributed by atoms with E-state index in [0.29, 0.717) is 18.5 Å². The summed E-state index contributed by atoms with van der Waals surface area (Å²) in [4.78, 5) is 4.49. The Labute approximate surface area is 180 Å². The van der Waals surface area contributed by atoms with Gasteiger partial charge in [-0.25, -0.2) is 13.8 Å². The lowest BCUT2D eigenvalue weighted by Gasteiger charge is -2.35. The van der Waals surface area contributed by atoms with Gasteiger partial charge in [-0.3, -0.25) is 4.68 Å². The summed E-state index contributed by atoms with van der Waals surface area (Å²) in [6, 6.07) is 4.65. The number of benzene rings is 1. The van der Waals surface area contributed by atoms with Crippen LogP contribution in [-0.4, -0.2) is 39.7 Å². The number of alkyl halides is 1. The fourth-order valence-electron chi connectivity index (χ4n) is 4.10. The van der Waals surface area contributed by atoms with Crippen molar-refractivity contribution in [3.05, 3.63) is 47.0 Å². The van der Waals surface area contributed by atoms with Crippen molar-refractivity contribution >= 4 is 25.0 Å². The van der Waals surface area contributed by atoms with Gasteiger partial charge in [-0.15, -0.1) is 10.6 Å². The van der Waals surface area contributed by atoms with Gasteiger partial charge in [0.1, 0.15) is 26.1 Å². The number of aromatic nitrogens is 3. The van der Waals surface area contributed by atoms with Crippen molar-refractivity contribution < 1.29 is 8.78 Å². The molecule has 0 bridgehead atoms. The van der Waals surface area contributed by atoms with Crippen LogP contribution in [0.1, 0.15) is 23.2 Å². The number of nitrogens with two attached hydrogens (primary N) is 1. The maximum Gasteiger partial charge on any atom is 0.155 e. The van der Waals surface area contributed by atoms with Crippen molar-refractivity contribution in [1.29, 1.82) is 0 Å². The average molecular weight is 446 g/mol. The van der Waals surface area contributed by atoms with Gasteiger partial charge in [-0.1, -0.05) is 42.5 Å². The fraction of sp³-hybridized carbons (Fsp3) is 0.476. The SMILES string of the molecule is Cc1cn(C[C@]23C[C@H]2[C@@](CF)(c2cc(C#C[Si](C)(C)C)ccc2F)N=C(N)S3)nn1. The smallest absolute Gasteiger partial charge is 0.155 e. The third-order valence-electron chi connectivity index (χ3n) is 5.52. The predicted molar refractivity (Wildman–Crippen MR) is 119 cm³/mol. The normalized spacial score (nSPS) is 27.7. The van der Waals surface area contributed by atoms with Crippen LogP contribution in [0.4, 0.5) is 8.78 Å². The zero-order valence-electron chi connectivity index (χ0n) is 17.5. The van der Waals surface area contributed by atoms with E-state index in [-0.39, 0.29) is 21.4 Å². The second-order valence-electron chi connectivity index (χ2n) is 9.18. The summed E-state index contributed by atoms with van der Waals surface area (Å²) < 4.78 is 31.0. The molecule has 9 heteroatoms. The van der Waals surface area contributed by atoms with E-state index in [1.807, 2.05) is 13.1 Å². The molecule has 4 rings (SSSR count). The van der Waals surface area contributed by atoms with E-state index >= 15 is 0 Å². The standard InChI is InChI=1S/C21H25F2N5SSi/c1-14-11-28(27-26-14)13-20-10-18(20)21(12-22,25-19(24)29-20)16-9-15(5-6-17(16)23)7-8-30(2,3)4/h5-6,9,11,18H,10,12-13H2,1-4H3,(H2,24,25)/t18-,20-,21-/m1/s1. The van der Waals surface area contributed by atoms with E-state index in [1.165, 1.54) is 17.8 Å². The van der Waals surface area contributed by atoms with Gasteiger partial charge in [0.15, 0.2) is 5.17 Å². The van der Waals surface area contributed by atoms with E-state index in [1.54, 1.807) is 16.8 Å². The molecular formula is C21H25F2N5SSi. The Morgan fingerprint density at radius 3 is 2.77 bits per heavy atom. The number of hydrogen-bond acceptors (Lipinski definition) is 5. The minimum atomic E-state index is -1.60. The molecule has 1 aromatic carbocycles. The highest BCUT2D eigenvalue weighted by molar-refractivity contribution is 8.15. The van der Waals surface area contributed by atoms with Gasteiger partial charge >= 0.3 is 0 Å². The van der Waals surface area contributed by atoms with E-state index in [0.717, 1.165) is 5.69 Å². The van der Waals surface area contributed by atoms with Crippen LogP contribution < -0.4 is 5.73 Å². The van der Waals surface area contributed by atoms with Gasteiger partial charge in [0.05, 0.1) is 12.2 Å². The number of hydrogen-bond donors (Lipinski definition) is 1. The molecule has 1 saturated carbocycles. The van der Waals surface area contributed by atoms with Gasteiger partial charge in [0.25, 0.3) is 0 Å². The Morgan fingerprint density at radius 2 is 2.13 bits per heavy atom. The van der Waals surface area contributed by atoms with Crippen LogP contribution in [0.2, 0.25) is 19.6 Å². The molecular weight excluding hydrogens is 420 g/mol. The van der Waals surface area contributed by atoms with Crippen LogP contribution in [0.5, 0.6) is 0 Å². The van der Waals surface area contributed by atoms with Crippen LogP contribution in [-0.2, 0) is 12.1 Å². The van der Waals surface area contributed by atoms with Crippen molar-refractivity contribution in [2.45, 2.75) is 49.8 Å². The van der Waals surface area contributed by atoms with E-state index in [9.17, 15) is 8.78 Å². The maximum atomic E-state index is 15.0. The van der Waals surface area contributed by atoms with Crippen molar-refractivity contribution in [3.63, 3.8) is 0 Å². The Morgan fingerprint density at radius 1 is 1.37 bits per heavy atom. The van der Waals surface area contributed by atoms with Crippen LogP contribution in [0.25, 0.3) is 0 Å². The zero-order chi connectivity index (χ0) is 21.7. The van der Waals surface area contributed by atoms with Crippen LogP contribution in [0.15, 0.2) is 29.4 Å². The third-order valence-corrected chi connectivity index (χ3v) is 7.68. The Balaban J connectivity index is 1.75. The van der Waals surface area contributed by atoms with Gasteiger partial charge in [-0.2, -0.15) is 0 Å². The van der Waals surface area contributed by atoms with Crippen molar-refractivity contribution in [3.8, 4) is 11.5 Å². The first-order chi connectivity index (χ1) is 14.1. The number of rotatable bonds is 4. The molecule has 0 unspecified atom stereocenters. The van der Waals surface area contributed by atoms with Crippen molar-refractivity contribution in [1.82, 2.24) is 15.0 Å². The molecule has 5 nitrogen and oxygen atoms in total. The highest BCUT2D eigenvalue weighted by atomic mass is 32.2. The molecule has 0 radical (unpaired) electrons. The summed E-state index contributed by atoms with van der Waals surface area (Å²) in [5.41, 5.74) is 9.80. The highest BCUT2D eigenvalue weighted by Crippen LogP contribution is 2.66. The van der Waals surface area contributed by atoms with Gasteiger partial charge in [0.2, 0.25) is 0 Å². The minimum Gasteiger partial charge on any atom is -0.378 e. The van der Waals surface area contributed by atoms with E-state index in [2.05, 4.69) is 46.4 Å². The van der Waals surface area contributed by atoms with Crippen LogP contribution in [0, 0.1) is 30.1 Å². The summed E-state index contributed by atoms with van der Waals surface area (Å²) in [6.07, 6.45) is 2.52. The molecule has 1 fully saturated rings. The topological polar surface area (TPSA) is 69.1 Å². The number of nitrogens with zero attached hydrogens (tertiary/aromatic N) is 4. The predicted octanol–water partition coefficient (Wildman–Crippen LogP) is 3.64. The second kappa shape index (κ2) is 7.20. The Hall–Kier alpha value is -2.18. The van der Waals surface area contributed by atoms with Crippen LogP contribution in [0.3, 0.4) is 0 Å². The lowest BCUT2D eigenvalue weighted by molar-refractivity contribution is 0.259. The molecule has 158 valence electrons. The molecule has 1 aliphatic carbocycles. The molecule has 0 saturated heterocycles. The molecule has 30 heavy (non-hydrogen) atoms. The highest BCUT2D eigenvalue weighted by Gasteiger charge is 2.68. The molecule has 2 aliphatic rings. The average Bonchev–Trinajstić information content (AvgIpc) is 3.23. The number of aliphatic imine (C=N–C) groups is 1. The third kappa shape index (κ3) is 3.78. The summed E-state index contributed by atoms with van der Waals surface area (Å²) in [6.45, 7) is 7.99. The molecule has 1 aromatic heterocycles. The number of amidine groups is 1. The first kappa shape index (κ1) is 21.1. The van der Waals surface area contributed by atoms with Crippen molar-refractivity contribution in [2.24, 2.45) is 16.6 Å². The monoisotopic (exact) mass is 445 g/mol. The molecule has 3 atom stereocenters. The number of aryl methyl sites for hydroxylation is 1. The second-order valence-corrected chi connectivity index (χ2v) is 15.4. The lowest BCUT2D eigenvalue weighted by Crippen LogP contribution is -2.41. The van der Waals surface area contributed by atoms with Crippen LogP contribution >= 0.6 is 11.8 Å². The molecule has 2 heterocycles. The molecule has 1 aliphatic heterocycles. The molecule has 2 N–H and O–H groups in total. The van der Waals surface area contributed by atoms with Gasteiger partial charge in [-0.05, 0) is 31.5 Å². The summed E-state index contributed by atoms with van der Waals surface area (Å²) in [7, 11) is -1.60. The van der Waals surface area contributed by atoms with E-state index in [4.69, 9.17) is 5.73 Å². The van der Waals surface area contributed by atoms with Crippen molar-refractivity contribution in [2.75, 3.05) is 6.67 Å². The number of halogens is 2. The quantitative estimate of drug-likeness (QED) is 0.576. The summed E-state index contributed by atoms with van der Waals surface area (Å²) in [5.74, 6) is 2.47. The van der Waals surface area contributed by atoms with Gasteiger partial charge in [0, 0.05) is 28.0 Å². The fourth-order valence-corrected chi connectivity index (χ4v) is 6.03. The summed E-state index contributed by atoms with van der Waals surface area (Å²) >= 11 is 1.43. The molecule has 0 spiro atoms. The first-order valence-corrected chi connectivity index (χ1v) is 14.2. The molecule has 2 aromatic rings. The van der Waals surface area contributed by atoms with Gasteiger partial charge < -0.3 is 5.73 Å². The minimum absolute atomic E-state index is 0.188. The Kier molecular flexibility index (Phi) is 5.06. The van der Waals surface area contributed by atoms with E-state index < -0.39 is 26.1 Å². The molecule has 0 amide bonds. The summed E-state index contributed by atoms with van der Waals surface area (Å²) in [5, 5.41) is 8.42. The largest absolute Gasteiger partial charge is 0.378 e. The Bertz CT molecular complexity index is 1080. The first-order valence-electron chi connectivity index (χ1n) is 9.87. The lowest BCUT2D eigenvalue weighted by atomic mass is 9.84. The number of thioether (sulfide) groups is 1. The zero-order valence-corrected chi connectivity index (χ0v) is 19.4. The maximum absolute atomic E-state index is 15.0. The number of fused-ring (bicyclic) bond motifs is 1.